The normalized spacial score (nSPS) is 13.3. The first-order valence-corrected chi connectivity index (χ1v) is 6.56. The summed E-state index contributed by atoms with van der Waals surface area (Å²) in [5, 5.41) is 4.11. The SMILES string of the molecule is CC(c1ccc(-n2cncn2)cc1)N(C)C/C=C/Cl. The molecule has 0 radical (unpaired) electrons. The van der Waals surface area contributed by atoms with Crippen LogP contribution < -0.4 is 0 Å². The van der Waals surface area contributed by atoms with Crippen LogP contribution in [0.5, 0.6) is 0 Å². The van der Waals surface area contributed by atoms with E-state index in [9.17, 15) is 0 Å². The fourth-order valence-corrected chi connectivity index (χ4v) is 1.95. The lowest BCUT2D eigenvalue weighted by Gasteiger charge is -2.23. The number of hydrogen-bond acceptors (Lipinski definition) is 3. The summed E-state index contributed by atoms with van der Waals surface area (Å²) in [6, 6.07) is 8.65. The van der Waals surface area contributed by atoms with Crippen LogP contribution in [0.4, 0.5) is 0 Å². The molecule has 1 aromatic carbocycles. The second-order valence-corrected chi connectivity index (χ2v) is 4.66. The second kappa shape index (κ2) is 6.50. The zero-order valence-electron chi connectivity index (χ0n) is 11.1. The molecule has 0 spiro atoms. The summed E-state index contributed by atoms with van der Waals surface area (Å²) in [5.41, 5.74) is 3.82. The van der Waals surface area contributed by atoms with Gasteiger partial charge in [0.1, 0.15) is 12.7 Å². The maximum atomic E-state index is 5.55. The third-order valence-electron chi connectivity index (χ3n) is 3.20. The van der Waals surface area contributed by atoms with Gasteiger partial charge in [0, 0.05) is 18.1 Å². The molecule has 0 aliphatic rings. The van der Waals surface area contributed by atoms with E-state index in [4.69, 9.17) is 11.6 Å². The van der Waals surface area contributed by atoms with Crippen LogP contribution in [0, 0.1) is 0 Å². The van der Waals surface area contributed by atoms with Gasteiger partial charge in [-0.2, -0.15) is 5.10 Å². The summed E-state index contributed by atoms with van der Waals surface area (Å²) in [6.45, 7) is 3.00. The van der Waals surface area contributed by atoms with E-state index in [1.165, 1.54) is 11.9 Å². The van der Waals surface area contributed by atoms with Crippen molar-refractivity contribution in [1.29, 1.82) is 0 Å². The number of benzene rings is 1. The molecule has 0 aliphatic heterocycles. The fraction of sp³-hybridized carbons (Fsp3) is 0.286. The Labute approximate surface area is 118 Å². The van der Waals surface area contributed by atoms with Crippen molar-refractivity contribution >= 4 is 11.6 Å². The average molecular weight is 277 g/mol. The van der Waals surface area contributed by atoms with Crippen LogP contribution in [0.15, 0.2) is 48.5 Å². The summed E-state index contributed by atoms with van der Waals surface area (Å²) in [7, 11) is 2.08. The lowest BCUT2D eigenvalue weighted by atomic mass is 10.1. The standard InChI is InChI=1S/C14H17ClN4/c1-12(18(2)9-3-8-15)13-4-6-14(7-5-13)19-11-16-10-17-19/h3-8,10-12H,9H2,1-2H3/b8-3+. The van der Waals surface area contributed by atoms with Gasteiger partial charge in [-0.25, -0.2) is 9.67 Å². The molecular weight excluding hydrogens is 260 g/mol. The Hall–Kier alpha value is -1.65. The highest BCUT2D eigenvalue weighted by atomic mass is 35.5. The highest BCUT2D eigenvalue weighted by molar-refractivity contribution is 6.25. The van der Waals surface area contributed by atoms with E-state index in [1.54, 1.807) is 16.5 Å². The van der Waals surface area contributed by atoms with Crippen LogP contribution in [-0.4, -0.2) is 33.3 Å². The molecule has 0 N–H and O–H groups in total. The summed E-state index contributed by atoms with van der Waals surface area (Å²) in [6.07, 6.45) is 5.15. The molecule has 2 rings (SSSR count). The topological polar surface area (TPSA) is 34.0 Å². The minimum Gasteiger partial charge on any atom is -0.296 e. The van der Waals surface area contributed by atoms with Crippen LogP contribution >= 0.6 is 11.6 Å². The lowest BCUT2D eigenvalue weighted by Crippen LogP contribution is -2.22. The largest absolute Gasteiger partial charge is 0.296 e. The van der Waals surface area contributed by atoms with Crippen LogP contribution in [0.25, 0.3) is 5.69 Å². The lowest BCUT2D eigenvalue weighted by molar-refractivity contribution is 0.290. The molecule has 0 saturated carbocycles. The Balaban J connectivity index is 2.09. The molecule has 2 aromatic rings. The smallest absolute Gasteiger partial charge is 0.138 e. The van der Waals surface area contributed by atoms with Gasteiger partial charge in [-0.1, -0.05) is 29.8 Å². The van der Waals surface area contributed by atoms with Crippen molar-refractivity contribution in [3.05, 3.63) is 54.1 Å². The van der Waals surface area contributed by atoms with Gasteiger partial charge in [0.25, 0.3) is 0 Å². The predicted octanol–water partition coefficient (Wildman–Crippen LogP) is 3.01. The van der Waals surface area contributed by atoms with E-state index >= 15 is 0 Å². The first-order chi connectivity index (χ1) is 9.22. The van der Waals surface area contributed by atoms with Crippen LogP contribution in [0.2, 0.25) is 0 Å². The molecule has 0 fully saturated rings. The molecule has 19 heavy (non-hydrogen) atoms. The maximum Gasteiger partial charge on any atom is 0.138 e. The summed E-state index contributed by atoms with van der Waals surface area (Å²) in [4.78, 5) is 6.17. The van der Waals surface area contributed by atoms with Gasteiger partial charge < -0.3 is 0 Å². The number of aromatic nitrogens is 3. The van der Waals surface area contributed by atoms with Gasteiger partial charge in [0.05, 0.1) is 5.69 Å². The van der Waals surface area contributed by atoms with E-state index in [2.05, 4.69) is 41.1 Å². The molecular formula is C14H17ClN4. The third-order valence-corrected chi connectivity index (χ3v) is 3.38. The van der Waals surface area contributed by atoms with Crippen molar-refractivity contribution in [2.75, 3.05) is 13.6 Å². The predicted molar refractivity (Wildman–Crippen MR) is 77.4 cm³/mol. The Morgan fingerprint density at radius 1 is 1.37 bits per heavy atom. The summed E-state index contributed by atoms with van der Waals surface area (Å²) in [5.74, 6) is 0. The number of likely N-dealkylation sites (N-methyl/N-ethyl adjacent to an activating group) is 1. The van der Waals surface area contributed by atoms with Gasteiger partial charge in [0.15, 0.2) is 0 Å². The highest BCUT2D eigenvalue weighted by Crippen LogP contribution is 2.19. The zero-order chi connectivity index (χ0) is 13.7. The molecule has 5 heteroatoms. The molecule has 0 saturated heterocycles. The number of halogens is 1. The molecule has 1 unspecified atom stereocenters. The molecule has 0 amide bonds. The van der Waals surface area contributed by atoms with Crippen molar-refractivity contribution in [3.63, 3.8) is 0 Å². The van der Waals surface area contributed by atoms with E-state index < -0.39 is 0 Å². The van der Waals surface area contributed by atoms with Gasteiger partial charge in [0.2, 0.25) is 0 Å². The minimum atomic E-state index is 0.331. The van der Waals surface area contributed by atoms with E-state index in [0.717, 1.165) is 12.2 Å². The quantitative estimate of drug-likeness (QED) is 0.842. The molecule has 1 aromatic heterocycles. The Morgan fingerprint density at radius 3 is 2.68 bits per heavy atom. The first-order valence-electron chi connectivity index (χ1n) is 6.13. The van der Waals surface area contributed by atoms with Gasteiger partial charge in [-0.3, -0.25) is 4.90 Å². The minimum absolute atomic E-state index is 0.331. The summed E-state index contributed by atoms with van der Waals surface area (Å²) >= 11 is 5.55. The van der Waals surface area contributed by atoms with E-state index in [0.29, 0.717) is 6.04 Å². The van der Waals surface area contributed by atoms with E-state index in [-0.39, 0.29) is 0 Å². The third kappa shape index (κ3) is 3.43. The molecule has 0 bridgehead atoms. The Bertz CT molecular complexity index is 519. The maximum absolute atomic E-state index is 5.55. The first kappa shape index (κ1) is 13.8. The van der Waals surface area contributed by atoms with Gasteiger partial charge >= 0.3 is 0 Å². The van der Waals surface area contributed by atoms with Crippen LogP contribution in [0.1, 0.15) is 18.5 Å². The van der Waals surface area contributed by atoms with E-state index in [1.807, 2.05) is 18.2 Å². The van der Waals surface area contributed by atoms with Crippen molar-refractivity contribution in [3.8, 4) is 5.69 Å². The Morgan fingerprint density at radius 2 is 2.11 bits per heavy atom. The number of hydrogen-bond donors (Lipinski definition) is 0. The van der Waals surface area contributed by atoms with Crippen LogP contribution in [-0.2, 0) is 0 Å². The molecule has 0 aliphatic carbocycles. The van der Waals surface area contributed by atoms with Crippen LogP contribution in [0.3, 0.4) is 0 Å². The Kier molecular flexibility index (Phi) is 4.71. The molecule has 1 atom stereocenters. The molecule has 1 heterocycles. The fourth-order valence-electron chi connectivity index (χ4n) is 1.87. The average Bonchev–Trinajstić information content (AvgIpc) is 2.98. The molecule has 4 nitrogen and oxygen atoms in total. The van der Waals surface area contributed by atoms with Crippen molar-refractivity contribution in [2.24, 2.45) is 0 Å². The van der Waals surface area contributed by atoms with Gasteiger partial charge in [-0.15, -0.1) is 0 Å². The van der Waals surface area contributed by atoms with Crippen molar-refractivity contribution < 1.29 is 0 Å². The summed E-state index contributed by atoms with van der Waals surface area (Å²) < 4.78 is 1.74. The van der Waals surface area contributed by atoms with Gasteiger partial charge in [-0.05, 0) is 31.7 Å². The monoisotopic (exact) mass is 276 g/mol. The van der Waals surface area contributed by atoms with Crippen molar-refractivity contribution in [2.45, 2.75) is 13.0 Å². The molecule has 100 valence electrons. The number of nitrogens with zero attached hydrogens (tertiary/aromatic N) is 4. The highest BCUT2D eigenvalue weighted by Gasteiger charge is 2.10. The van der Waals surface area contributed by atoms with Crippen molar-refractivity contribution in [1.82, 2.24) is 19.7 Å². The second-order valence-electron chi connectivity index (χ2n) is 4.41. The zero-order valence-corrected chi connectivity index (χ0v) is 11.8. The number of rotatable bonds is 5.